The zero-order valence-electron chi connectivity index (χ0n) is 11.3. The van der Waals surface area contributed by atoms with Crippen molar-refractivity contribution in [1.29, 1.82) is 0 Å². The maximum Gasteiger partial charge on any atom is 0.307 e. The van der Waals surface area contributed by atoms with Gasteiger partial charge in [0.25, 0.3) is 0 Å². The van der Waals surface area contributed by atoms with Gasteiger partial charge >= 0.3 is 5.97 Å². The Morgan fingerprint density at radius 2 is 2.00 bits per heavy atom. The van der Waals surface area contributed by atoms with E-state index in [1.807, 2.05) is 44.1 Å². The van der Waals surface area contributed by atoms with Crippen LogP contribution in [0.1, 0.15) is 12.0 Å². The van der Waals surface area contributed by atoms with Crippen LogP contribution in [0.2, 0.25) is 0 Å². The van der Waals surface area contributed by atoms with E-state index in [4.69, 9.17) is 5.11 Å². The Kier molecular flexibility index (Phi) is 3.46. The van der Waals surface area contributed by atoms with E-state index < -0.39 is 11.9 Å². The van der Waals surface area contributed by atoms with Crippen molar-refractivity contribution in [2.75, 3.05) is 24.3 Å². The Hall–Kier alpha value is -2.04. The quantitative estimate of drug-likeness (QED) is 0.867. The van der Waals surface area contributed by atoms with E-state index in [0.717, 1.165) is 11.3 Å². The fourth-order valence-corrected chi connectivity index (χ4v) is 2.16. The maximum absolute atomic E-state index is 11.9. The van der Waals surface area contributed by atoms with Gasteiger partial charge < -0.3 is 15.3 Å². The third kappa shape index (κ3) is 2.86. The number of benzene rings is 1. The number of hydrogen-bond donors (Lipinski definition) is 2. The Morgan fingerprint density at radius 3 is 2.53 bits per heavy atom. The smallest absolute Gasteiger partial charge is 0.307 e. The topological polar surface area (TPSA) is 69.6 Å². The molecule has 0 saturated heterocycles. The van der Waals surface area contributed by atoms with Gasteiger partial charge in [0.05, 0.1) is 11.8 Å². The van der Waals surface area contributed by atoms with E-state index in [1.165, 1.54) is 0 Å². The molecule has 1 aromatic carbocycles. The van der Waals surface area contributed by atoms with Crippen LogP contribution in [-0.4, -0.2) is 31.1 Å². The molecule has 0 radical (unpaired) electrons. The van der Waals surface area contributed by atoms with Gasteiger partial charge in [0, 0.05) is 25.5 Å². The van der Waals surface area contributed by atoms with Gasteiger partial charge in [-0.25, -0.2) is 0 Å². The average molecular weight is 262 g/mol. The number of hydrogen-bond acceptors (Lipinski definition) is 3. The fourth-order valence-electron chi connectivity index (χ4n) is 2.16. The molecular formula is C14H18N2O3. The Bertz CT molecular complexity index is 525. The highest BCUT2D eigenvalue weighted by molar-refractivity contribution is 5.98. The van der Waals surface area contributed by atoms with E-state index in [9.17, 15) is 9.59 Å². The highest BCUT2D eigenvalue weighted by Gasteiger charge is 2.48. The lowest BCUT2D eigenvalue weighted by Gasteiger charge is -2.17. The standard InChI is InChI=1S/C14H18N2O3/c1-8-4-5-9(6-12(8)16(2)3)15-13(17)10-7-11(10)14(18)19/h4-6,10-11H,7H2,1-3H3,(H,15,17)(H,18,19)/t10-,11+/m1/s1. The molecule has 0 aromatic heterocycles. The van der Waals surface area contributed by atoms with Gasteiger partial charge in [-0.3, -0.25) is 9.59 Å². The second-order valence-corrected chi connectivity index (χ2v) is 5.17. The van der Waals surface area contributed by atoms with Crippen LogP contribution in [0, 0.1) is 18.8 Å². The number of rotatable bonds is 4. The Labute approximate surface area is 112 Å². The molecule has 0 spiro atoms. The lowest BCUT2D eigenvalue weighted by molar-refractivity contribution is -0.139. The van der Waals surface area contributed by atoms with Gasteiger partial charge in [-0.05, 0) is 31.0 Å². The van der Waals surface area contributed by atoms with Crippen molar-refractivity contribution in [1.82, 2.24) is 0 Å². The number of amides is 1. The summed E-state index contributed by atoms with van der Waals surface area (Å²) in [6.45, 7) is 2.00. The molecule has 1 amide bonds. The lowest BCUT2D eigenvalue weighted by atomic mass is 10.1. The Morgan fingerprint density at radius 1 is 1.32 bits per heavy atom. The molecule has 0 bridgehead atoms. The molecule has 2 atom stereocenters. The highest BCUT2D eigenvalue weighted by Crippen LogP contribution is 2.39. The van der Waals surface area contributed by atoms with Crippen molar-refractivity contribution >= 4 is 23.3 Å². The molecule has 1 saturated carbocycles. The van der Waals surface area contributed by atoms with Gasteiger partial charge in [0.2, 0.25) is 5.91 Å². The molecule has 5 nitrogen and oxygen atoms in total. The second-order valence-electron chi connectivity index (χ2n) is 5.17. The molecular weight excluding hydrogens is 244 g/mol. The Balaban J connectivity index is 2.06. The summed E-state index contributed by atoms with van der Waals surface area (Å²) in [5, 5.41) is 11.6. The molecule has 0 aliphatic heterocycles. The number of carboxylic acids is 1. The van der Waals surface area contributed by atoms with Crippen LogP contribution < -0.4 is 10.2 Å². The predicted octanol–water partition coefficient (Wildman–Crippen LogP) is 1.72. The first-order valence-corrected chi connectivity index (χ1v) is 6.22. The first kappa shape index (κ1) is 13.4. The van der Waals surface area contributed by atoms with E-state index in [1.54, 1.807) is 0 Å². The normalized spacial score (nSPS) is 20.8. The van der Waals surface area contributed by atoms with Crippen molar-refractivity contribution in [3.05, 3.63) is 23.8 Å². The van der Waals surface area contributed by atoms with Crippen molar-refractivity contribution < 1.29 is 14.7 Å². The molecule has 0 unspecified atom stereocenters. The molecule has 19 heavy (non-hydrogen) atoms. The summed E-state index contributed by atoms with van der Waals surface area (Å²) in [7, 11) is 3.88. The van der Waals surface area contributed by atoms with Crippen LogP contribution >= 0.6 is 0 Å². The molecule has 5 heteroatoms. The molecule has 1 aromatic rings. The maximum atomic E-state index is 11.9. The number of anilines is 2. The van der Waals surface area contributed by atoms with Gasteiger partial charge in [-0.15, -0.1) is 0 Å². The lowest BCUT2D eigenvalue weighted by Crippen LogP contribution is -2.17. The van der Waals surface area contributed by atoms with Gasteiger partial charge in [-0.1, -0.05) is 6.07 Å². The molecule has 102 valence electrons. The number of carbonyl (C=O) groups excluding carboxylic acids is 1. The van der Waals surface area contributed by atoms with Crippen molar-refractivity contribution in [2.45, 2.75) is 13.3 Å². The van der Waals surface area contributed by atoms with Crippen LogP contribution in [0.3, 0.4) is 0 Å². The van der Waals surface area contributed by atoms with Crippen LogP contribution in [0.4, 0.5) is 11.4 Å². The van der Waals surface area contributed by atoms with E-state index in [2.05, 4.69) is 5.32 Å². The minimum atomic E-state index is -0.891. The van der Waals surface area contributed by atoms with E-state index in [-0.39, 0.29) is 11.8 Å². The number of carbonyl (C=O) groups is 2. The number of carboxylic acid groups (broad SMARTS) is 1. The third-order valence-corrected chi connectivity index (χ3v) is 3.40. The summed E-state index contributed by atoms with van der Waals surface area (Å²) >= 11 is 0. The molecule has 1 aliphatic carbocycles. The fraction of sp³-hybridized carbons (Fsp3) is 0.429. The monoisotopic (exact) mass is 262 g/mol. The number of nitrogens with zero attached hydrogens (tertiary/aromatic N) is 1. The summed E-state index contributed by atoms with van der Waals surface area (Å²) in [4.78, 5) is 24.6. The van der Waals surface area contributed by atoms with Crippen LogP contribution in [-0.2, 0) is 9.59 Å². The average Bonchev–Trinajstić information content (AvgIpc) is 3.11. The number of aliphatic carboxylic acids is 1. The molecule has 1 aliphatic rings. The van der Waals surface area contributed by atoms with Gasteiger partial charge in [-0.2, -0.15) is 0 Å². The summed E-state index contributed by atoms with van der Waals surface area (Å²) in [6, 6.07) is 5.66. The number of aryl methyl sites for hydroxylation is 1. The molecule has 1 fully saturated rings. The van der Waals surface area contributed by atoms with Gasteiger partial charge in [0.1, 0.15) is 0 Å². The zero-order chi connectivity index (χ0) is 14.2. The summed E-state index contributed by atoms with van der Waals surface area (Å²) in [6.07, 6.45) is 0.438. The minimum absolute atomic E-state index is 0.207. The largest absolute Gasteiger partial charge is 0.481 e. The zero-order valence-corrected chi connectivity index (χ0v) is 11.3. The van der Waals surface area contributed by atoms with Crippen molar-refractivity contribution in [3.8, 4) is 0 Å². The van der Waals surface area contributed by atoms with Gasteiger partial charge in [0.15, 0.2) is 0 Å². The van der Waals surface area contributed by atoms with Crippen molar-refractivity contribution in [3.63, 3.8) is 0 Å². The predicted molar refractivity (Wildman–Crippen MR) is 73.4 cm³/mol. The van der Waals surface area contributed by atoms with Crippen LogP contribution in [0.25, 0.3) is 0 Å². The third-order valence-electron chi connectivity index (χ3n) is 3.40. The minimum Gasteiger partial charge on any atom is -0.481 e. The van der Waals surface area contributed by atoms with E-state index in [0.29, 0.717) is 12.1 Å². The second kappa shape index (κ2) is 4.91. The SMILES string of the molecule is Cc1ccc(NC(=O)[C@@H]2C[C@@H]2C(=O)O)cc1N(C)C. The molecule has 2 N–H and O–H groups in total. The summed E-state index contributed by atoms with van der Waals surface area (Å²) in [5.74, 6) is -2.00. The van der Waals surface area contributed by atoms with Crippen LogP contribution in [0.15, 0.2) is 18.2 Å². The molecule has 2 rings (SSSR count). The summed E-state index contributed by atoms with van der Waals surface area (Å²) < 4.78 is 0. The molecule has 0 heterocycles. The van der Waals surface area contributed by atoms with E-state index >= 15 is 0 Å². The van der Waals surface area contributed by atoms with Crippen LogP contribution in [0.5, 0.6) is 0 Å². The summed E-state index contributed by atoms with van der Waals surface area (Å²) in [5.41, 5.74) is 2.86. The first-order valence-electron chi connectivity index (χ1n) is 6.22. The first-order chi connectivity index (χ1) is 8.90. The highest BCUT2D eigenvalue weighted by atomic mass is 16.4. The van der Waals surface area contributed by atoms with Crippen molar-refractivity contribution in [2.24, 2.45) is 11.8 Å². The number of nitrogens with one attached hydrogen (secondary N) is 1.